The van der Waals surface area contributed by atoms with Crippen LogP contribution < -0.4 is 5.32 Å². The first-order valence-corrected chi connectivity index (χ1v) is 7.73. The molecule has 0 fully saturated rings. The van der Waals surface area contributed by atoms with Gasteiger partial charge >= 0.3 is 0 Å². The topological polar surface area (TPSA) is 29.9 Å². The first kappa shape index (κ1) is 15.3. The molecule has 0 saturated heterocycles. The lowest BCUT2D eigenvalue weighted by Crippen LogP contribution is -2.28. The third-order valence-corrected chi connectivity index (χ3v) is 4.27. The van der Waals surface area contributed by atoms with Gasteiger partial charge in [-0.25, -0.2) is 0 Å². The molecule has 0 aliphatic rings. The van der Waals surface area contributed by atoms with Crippen molar-refractivity contribution >= 4 is 15.9 Å². The van der Waals surface area contributed by atoms with Crippen LogP contribution >= 0.6 is 15.9 Å². The molecule has 1 aromatic carbocycles. The van der Waals surface area contributed by atoms with Crippen LogP contribution in [0, 0.1) is 13.8 Å². The van der Waals surface area contributed by atoms with Gasteiger partial charge in [-0.3, -0.25) is 4.68 Å². The van der Waals surface area contributed by atoms with E-state index in [1.165, 1.54) is 16.8 Å². The number of nitrogens with zero attached hydrogens (tertiary/aromatic N) is 2. The van der Waals surface area contributed by atoms with Crippen molar-refractivity contribution in [1.82, 2.24) is 15.1 Å². The summed E-state index contributed by atoms with van der Waals surface area (Å²) in [5, 5.41) is 8.05. The minimum absolute atomic E-state index is 0.440. The van der Waals surface area contributed by atoms with Crippen LogP contribution in [0.4, 0.5) is 0 Å². The highest BCUT2D eigenvalue weighted by Crippen LogP contribution is 2.14. The van der Waals surface area contributed by atoms with E-state index in [-0.39, 0.29) is 0 Å². The predicted octanol–water partition coefficient (Wildman–Crippen LogP) is 3.52. The van der Waals surface area contributed by atoms with Gasteiger partial charge in [-0.15, -0.1) is 0 Å². The van der Waals surface area contributed by atoms with Crippen LogP contribution in [-0.2, 0) is 20.0 Å². The molecule has 0 amide bonds. The Kier molecular flexibility index (Phi) is 5.00. The summed E-state index contributed by atoms with van der Waals surface area (Å²) in [6.07, 6.45) is 1.03. The zero-order chi connectivity index (χ0) is 14.7. The molecule has 1 N–H and O–H groups in total. The van der Waals surface area contributed by atoms with E-state index >= 15 is 0 Å². The van der Waals surface area contributed by atoms with Crippen LogP contribution in [0.3, 0.4) is 0 Å². The summed E-state index contributed by atoms with van der Waals surface area (Å²) in [7, 11) is 2.00. The Labute approximate surface area is 129 Å². The Balaban J connectivity index is 1.92. The molecule has 108 valence electrons. The van der Waals surface area contributed by atoms with Crippen LogP contribution in [0.1, 0.15) is 29.4 Å². The molecule has 20 heavy (non-hydrogen) atoms. The number of halogens is 1. The lowest BCUT2D eigenvalue weighted by Gasteiger charge is -2.14. The smallest absolute Gasteiger partial charge is 0.0641 e. The number of rotatable bonds is 5. The van der Waals surface area contributed by atoms with E-state index in [0.717, 1.165) is 23.1 Å². The third-order valence-electron chi connectivity index (χ3n) is 3.74. The summed E-state index contributed by atoms with van der Waals surface area (Å²) in [4.78, 5) is 0. The Morgan fingerprint density at radius 1 is 1.25 bits per heavy atom. The van der Waals surface area contributed by atoms with Gasteiger partial charge in [-0.1, -0.05) is 28.1 Å². The van der Waals surface area contributed by atoms with Crippen molar-refractivity contribution in [3.05, 3.63) is 51.3 Å². The largest absolute Gasteiger partial charge is 0.310 e. The Morgan fingerprint density at radius 3 is 2.45 bits per heavy atom. The van der Waals surface area contributed by atoms with E-state index < -0.39 is 0 Å². The molecule has 0 saturated carbocycles. The molecule has 4 heteroatoms. The molecule has 1 atom stereocenters. The normalized spacial score (nSPS) is 12.7. The quantitative estimate of drug-likeness (QED) is 0.905. The van der Waals surface area contributed by atoms with Crippen LogP contribution in [-0.4, -0.2) is 15.8 Å². The van der Waals surface area contributed by atoms with Crippen LogP contribution in [0.25, 0.3) is 0 Å². The monoisotopic (exact) mass is 335 g/mol. The van der Waals surface area contributed by atoms with Gasteiger partial charge < -0.3 is 5.32 Å². The molecule has 0 aliphatic carbocycles. The maximum Gasteiger partial charge on any atom is 0.0641 e. The molecule has 2 aromatic rings. The lowest BCUT2D eigenvalue weighted by molar-refractivity contribution is 0.543. The zero-order valence-corrected chi connectivity index (χ0v) is 14.2. The number of hydrogen-bond acceptors (Lipinski definition) is 2. The number of aryl methyl sites for hydroxylation is 2. The van der Waals surface area contributed by atoms with Crippen molar-refractivity contribution in [2.45, 2.75) is 39.8 Å². The van der Waals surface area contributed by atoms with Crippen molar-refractivity contribution < 1.29 is 0 Å². The van der Waals surface area contributed by atoms with Gasteiger partial charge in [0.05, 0.1) is 5.69 Å². The van der Waals surface area contributed by atoms with Gasteiger partial charge in [0.2, 0.25) is 0 Å². The number of nitrogens with one attached hydrogen (secondary N) is 1. The standard InChI is InChI=1S/C16H22BrN3/c1-11(9-14-5-7-15(17)8-6-14)18-10-16-12(2)19-20(4)13(16)3/h5-8,11,18H,9-10H2,1-4H3. The molecular weight excluding hydrogens is 314 g/mol. The summed E-state index contributed by atoms with van der Waals surface area (Å²) in [6, 6.07) is 8.97. The van der Waals surface area contributed by atoms with Gasteiger partial charge in [-0.05, 0) is 44.9 Å². The number of aromatic nitrogens is 2. The predicted molar refractivity (Wildman–Crippen MR) is 86.8 cm³/mol. The first-order valence-electron chi connectivity index (χ1n) is 6.94. The summed E-state index contributed by atoms with van der Waals surface area (Å²) >= 11 is 3.47. The molecule has 1 heterocycles. The summed E-state index contributed by atoms with van der Waals surface area (Å²) in [6.45, 7) is 7.30. The number of benzene rings is 1. The minimum Gasteiger partial charge on any atom is -0.310 e. The highest BCUT2D eigenvalue weighted by Gasteiger charge is 2.10. The molecule has 0 aliphatic heterocycles. The number of hydrogen-bond donors (Lipinski definition) is 1. The average molecular weight is 336 g/mol. The molecule has 0 radical (unpaired) electrons. The molecule has 0 spiro atoms. The van der Waals surface area contributed by atoms with E-state index in [1.54, 1.807) is 0 Å². The van der Waals surface area contributed by atoms with Crippen molar-refractivity contribution in [2.75, 3.05) is 0 Å². The Bertz CT molecular complexity index is 572. The van der Waals surface area contributed by atoms with E-state index in [0.29, 0.717) is 6.04 Å². The fraction of sp³-hybridized carbons (Fsp3) is 0.438. The van der Waals surface area contributed by atoms with E-state index in [4.69, 9.17) is 0 Å². The highest BCUT2D eigenvalue weighted by atomic mass is 79.9. The molecule has 2 rings (SSSR count). The molecule has 1 unspecified atom stereocenters. The average Bonchev–Trinajstić information content (AvgIpc) is 2.64. The molecule has 0 bridgehead atoms. The van der Waals surface area contributed by atoms with Crippen LogP contribution in [0.2, 0.25) is 0 Å². The minimum atomic E-state index is 0.440. The van der Waals surface area contributed by atoms with Gasteiger partial charge in [0.1, 0.15) is 0 Å². The van der Waals surface area contributed by atoms with E-state index in [2.05, 4.69) is 71.4 Å². The summed E-state index contributed by atoms with van der Waals surface area (Å²) in [5.74, 6) is 0. The second kappa shape index (κ2) is 6.55. The van der Waals surface area contributed by atoms with E-state index in [1.807, 2.05) is 11.7 Å². The summed E-state index contributed by atoms with van der Waals surface area (Å²) in [5.41, 5.74) is 5.03. The fourth-order valence-corrected chi connectivity index (χ4v) is 2.66. The van der Waals surface area contributed by atoms with Gasteiger partial charge in [0.25, 0.3) is 0 Å². The second-order valence-electron chi connectivity index (χ2n) is 5.39. The van der Waals surface area contributed by atoms with Gasteiger partial charge in [0.15, 0.2) is 0 Å². The van der Waals surface area contributed by atoms with E-state index in [9.17, 15) is 0 Å². The zero-order valence-electron chi connectivity index (χ0n) is 12.6. The summed E-state index contributed by atoms with van der Waals surface area (Å²) < 4.78 is 3.08. The van der Waals surface area contributed by atoms with Crippen molar-refractivity contribution in [3.63, 3.8) is 0 Å². The Morgan fingerprint density at radius 2 is 1.90 bits per heavy atom. The first-order chi connectivity index (χ1) is 9.47. The van der Waals surface area contributed by atoms with Crippen molar-refractivity contribution in [1.29, 1.82) is 0 Å². The molecule has 3 nitrogen and oxygen atoms in total. The lowest BCUT2D eigenvalue weighted by atomic mass is 10.1. The Hall–Kier alpha value is -1.13. The van der Waals surface area contributed by atoms with Gasteiger partial charge in [-0.2, -0.15) is 5.10 Å². The van der Waals surface area contributed by atoms with Gasteiger partial charge in [0, 0.05) is 35.4 Å². The maximum absolute atomic E-state index is 4.45. The maximum atomic E-state index is 4.45. The van der Waals surface area contributed by atoms with Crippen LogP contribution in [0.5, 0.6) is 0 Å². The molecular formula is C16H22BrN3. The van der Waals surface area contributed by atoms with Crippen LogP contribution in [0.15, 0.2) is 28.7 Å². The SMILES string of the molecule is Cc1nn(C)c(C)c1CNC(C)Cc1ccc(Br)cc1. The molecule has 1 aromatic heterocycles. The van der Waals surface area contributed by atoms with Crippen molar-refractivity contribution in [3.8, 4) is 0 Å². The third kappa shape index (κ3) is 3.70. The fourth-order valence-electron chi connectivity index (χ4n) is 2.40. The second-order valence-corrected chi connectivity index (χ2v) is 6.30. The van der Waals surface area contributed by atoms with Crippen molar-refractivity contribution in [2.24, 2.45) is 7.05 Å². The highest BCUT2D eigenvalue weighted by molar-refractivity contribution is 9.10.